The van der Waals surface area contributed by atoms with Crippen molar-refractivity contribution in [3.05, 3.63) is 46.5 Å². The first kappa shape index (κ1) is 18.4. The van der Waals surface area contributed by atoms with Crippen LogP contribution in [0.25, 0.3) is 0 Å². The van der Waals surface area contributed by atoms with Crippen molar-refractivity contribution in [3.63, 3.8) is 0 Å². The average Bonchev–Trinajstić information content (AvgIpc) is 3.20. The van der Waals surface area contributed by atoms with Crippen LogP contribution in [-0.2, 0) is 12.5 Å². The first-order valence-corrected chi connectivity index (χ1v) is 8.86. The third kappa shape index (κ3) is 3.31. The van der Waals surface area contributed by atoms with Crippen molar-refractivity contribution in [2.24, 2.45) is 7.05 Å². The van der Waals surface area contributed by atoms with Gasteiger partial charge in [-0.2, -0.15) is 5.10 Å². The van der Waals surface area contributed by atoms with Crippen molar-refractivity contribution in [2.45, 2.75) is 32.6 Å². The molecule has 8 heteroatoms. The Morgan fingerprint density at radius 2 is 1.81 bits per heavy atom. The lowest BCUT2D eigenvalue weighted by molar-refractivity contribution is 0.0179. The van der Waals surface area contributed by atoms with Crippen molar-refractivity contribution in [3.8, 4) is 0 Å². The number of pyridine rings is 1. The Kier molecular flexibility index (Phi) is 4.75. The molecule has 0 spiro atoms. The molecule has 138 valence electrons. The van der Waals surface area contributed by atoms with Gasteiger partial charge < -0.3 is 0 Å². The second-order valence-corrected chi connectivity index (χ2v) is 7.70. The van der Waals surface area contributed by atoms with Crippen LogP contribution in [0.15, 0.2) is 24.4 Å². The van der Waals surface area contributed by atoms with Gasteiger partial charge in [-0.05, 0) is 24.6 Å². The van der Waals surface area contributed by atoms with Gasteiger partial charge in [-0.3, -0.25) is 14.3 Å². The highest BCUT2D eigenvalue weighted by Gasteiger charge is 2.34. The fourth-order valence-electron chi connectivity index (χ4n) is 2.88. The maximum atomic E-state index is 13.1. The van der Waals surface area contributed by atoms with E-state index in [1.165, 1.54) is 16.2 Å². The van der Waals surface area contributed by atoms with Gasteiger partial charge in [0.05, 0.1) is 11.3 Å². The van der Waals surface area contributed by atoms with Crippen molar-refractivity contribution < 1.29 is 9.59 Å². The van der Waals surface area contributed by atoms with Crippen molar-refractivity contribution in [1.82, 2.24) is 24.8 Å². The molecule has 2 aromatic heterocycles. The number of rotatable bonds is 2. The molecule has 0 atom stereocenters. The lowest BCUT2D eigenvalue weighted by atomic mass is 9.92. The van der Waals surface area contributed by atoms with Gasteiger partial charge in [-0.1, -0.05) is 32.4 Å². The SMILES string of the molecule is Cn1nc(C(C)(C)C)cc1C(=O)N1CCCN1C(=O)c1cccnc1Cl. The van der Waals surface area contributed by atoms with Gasteiger partial charge in [-0.25, -0.2) is 15.0 Å². The van der Waals surface area contributed by atoms with E-state index in [0.717, 1.165) is 5.69 Å². The Hall–Kier alpha value is -2.41. The van der Waals surface area contributed by atoms with Crippen LogP contribution in [0.2, 0.25) is 5.15 Å². The van der Waals surface area contributed by atoms with Crippen molar-refractivity contribution >= 4 is 23.4 Å². The van der Waals surface area contributed by atoms with Crippen LogP contribution in [0.5, 0.6) is 0 Å². The maximum absolute atomic E-state index is 13.1. The summed E-state index contributed by atoms with van der Waals surface area (Å²) in [6.45, 7) is 7.05. The van der Waals surface area contributed by atoms with Gasteiger partial charge >= 0.3 is 0 Å². The average molecular weight is 376 g/mol. The molecular formula is C18H22ClN5O2. The minimum absolute atomic E-state index is 0.132. The molecule has 7 nitrogen and oxygen atoms in total. The summed E-state index contributed by atoms with van der Waals surface area (Å²) in [7, 11) is 1.74. The molecule has 0 bridgehead atoms. The zero-order chi connectivity index (χ0) is 19.1. The maximum Gasteiger partial charge on any atom is 0.290 e. The van der Waals surface area contributed by atoms with E-state index in [1.54, 1.807) is 29.9 Å². The summed E-state index contributed by atoms with van der Waals surface area (Å²) in [5, 5.41) is 7.49. The molecule has 0 aliphatic carbocycles. The third-order valence-electron chi connectivity index (χ3n) is 4.36. The normalized spacial score (nSPS) is 14.8. The molecule has 26 heavy (non-hydrogen) atoms. The Balaban J connectivity index is 1.89. The van der Waals surface area contributed by atoms with E-state index in [1.807, 2.05) is 20.8 Å². The number of hydrogen-bond donors (Lipinski definition) is 0. The number of aromatic nitrogens is 3. The predicted molar refractivity (Wildman–Crippen MR) is 97.8 cm³/mol. The summed E-state index contributed by atoms with van der Waals surface area (Å²) < 4.78 is 1.57. The van der Waals surface area contributed by atoms with Gasteiger partial charge in [0.25, 0.3) is 11.8 Å². The molecule has 1 saturated heterocycles. The number of hydrogen-bond acceptors (Lipinski definition) is 4. The van der Waals surface area contributed by atoms with Crippen LogP contribution in [0.3, 0.4) is 0 Å². The van der Waals surface area contributed by atoms with Crippen LogP contribution < -0.4 is 0 Å². The fraction of sp³-hybridized carbons (Fsp3) is 0.444. The first-order valence-electron chi connectivity index (χ1n) is 8.49. The second kappa shape index (κ2) is 6.72. The minimum atomic E-state index is -0.327. The first-order chi connectivity index (χ1) is 12.2. The summed E-state index contributed by atoms with van der Waals surface area (Å²) >= 11 is 6.04. The molecule has 3 rings (SSSR count). The fourth-order valence-corrected chi connectivity index (χ4v) is 3.08. The number of carbonyl (C=O) groups is 2. The third-order valence-corrected chi connectivity index (χ3v) is 4.66. The monoisotopic (exact) mass is 375 g/mol. The smallest absolute Gasteiger partial charge is 0.267 e. The molecule has 0 unspecified atom stereocenters. The molecule has 0 N–H and O–H groups in total. The zero-order valence-corrected chi connectivity index (χ0v) is 16.1. The molecule has 1 fully saturated rings. The Labute approximate surface area is 157 Å². The predicted octanol–water partition coefficient (Wildman–Crippen LogP) is 2.67. The summed E-state index contributed by atoms with van der Waals surface area (Å²) in [6, 6.07) is 5.05. The quantitative estimate of drug-likeness (QED) is 0.756. The molecule has 2 amide bonds. The minimum Gasteiger partial charge on any atom is -0.267 e. The van der Waals surface area contributed by atoms with Crippen LogP contribution in [-0.4, -0.2) is 49.7 Å². The van der Waals surface area contributed by atoms with Crippen LogP contribution in [0, 0.1) is 0 Å². The van der Waals surface area contributed by atoms with E-state index in [-0.39, 0.29) is 27.9 Å². The van der Waals surface area contributed by atoms with E-state index in [2.05, 4.69) is 10.1 Å². The Morgan fingerprint density at radius 1 is 1.15 bits per heavy atom. The summed E-state index contributed by atoms with van der Waals surface area (Å²) in [6.07, 6.45) is 2.23. The lowest BCUT2D eigenvalue weighted by Crippen LogP contribution is -2.45. The zero-order valence-electron chi connectivity index (χ0n) is 15.4. The summed E-state index contributed by atoms with van der Waals surface area (Å²) in [4.78, 5) is 29.9. The van der Waals surface area contributed by atoms with Gasteiger partial charge in [0.1, 0.15) is 10.8 Å². The van der Waals surface area contributed by atoms with Crippen LogP contribution >= 0.6 is 11.6 Å². The highest BCUT2D eigenvalue weighted by Crippen LogP contribution is 2.24. The number of hydrazine groups is 1. The van der Waals surface area contributed by atoms with Crippen molar-refractivity contribution in [1.29, 1.82) is 0 Å². The van der Waals surface area contributed by atoms with E-state index in [4.69, 9.17) is 11.6 Å². The standard InChI is InChI=1S/C18H22ClN5O2/c1-18(2,3)14-11-13(22(4)21-14)17(26)24-10-6-9-23(24)16(25)12-7-5-8-20-15(12)19/h5,7-8,11H,6,9-10H2,1-4H3. The highest BCUT2D eigenvalue weighted by molar-refractivity contribution is 6.32. The summed E-state index contributed by atoms with van der Waals surface area (Å²) in [5.74, 6) is -0.575. The molecule has 0 saturated carbocycles. The Bertz CT molecular complexity index is 856. The molecule has 3 heterocycles. The van der Waals surface area contributed by atoms with E-state index in [0.29, 0.717) is 25.2 Å². The molecule has 2 aromatic rings. The Morgan fingerprint density at radius 3 is 2.38 bits per heavy atom. The second-order valence-electron chi connectivity index (χ2n) is 7.34. The molecule has 0 radical (unpaired) electrons. The summed E-state index contributed by atoms with van der Waals surface area (Å²) in [5.41, 5.74) is 1.40. The van der Waals surface area contributed by atoms with Gasteiger partial charge in [0, 0.05) is 31.7 Å². The van der Waals surface area contributed by atoms with Gasteiger partial charge in [0.2, 0.25) is 0 Å². The molecular weight excluding hydrogens is 354 g/mol. The van der Waals surface area contributed by atoms with Crippen LogP contribution in [0.4, 0.5) is 0 Å². The largest absolute Gasteiger partial charge is 0.290 e. The van der Waals surface area contributed by atoms with Gasteiger partial charge in [-0.15, -0.1) is 0 Å². The van der Waals surface area contributed by atoms with E-state index < -0.39 is 0 Å². The molecule has 1 aliphatic heterocycles. The van der Waals surface area contributed by atoms with Gasteiger partial charge in [0.15, 0.2) is 0 Å². The molecule has 1 aliphatic rings. The number of aryl methyl sites for hydroxylation is 1. The topological polar surface area (TPSA) is 71.3 Å². The number of nitrogens with zero attached hydrogens (tertiary/aromatic N) is 5. The number of amides is 2. The number of carbonyl (C=O) groups excluding carboxylic acids is 2. The molecule has 0 aromatic carbocycles. The van der Waals surface area contributed by atoms with E-state index >= 15 is 0 Å². The van der Waals surface area contributed by atoms with E-state index in [9.17, 15) is 9.59 Å². The highest BCUT2D eigenvalue weighted by atomic mass is 35.5. The lowest BCUT2D eigenvalue weighted by Gasteiger charge is -2.28. The van der Waals surface area contributed by atoms with Crippen LogP contribution in [0.1, 0.15) is 53.7 Å². The van der Waals surface area contributed by atoms with Crippen molar-refractivity contribution in [2.75, 3.05) is 13.1 Å². The number of halogens is 1.